The summed E-state index contributed by atoms with van der Waals surface area (Å²) in [7, 11) is 0. The van der Waals surface area contributed by atoms with E-state index in [1.54, 1.807) is 0 Å². The number of hydrogen-bond donors (Lipinski definition) is 2. The maximum absolute atomic E-state index is 5.40. The SMILES string of the molecule is CC1(C)c2nc(nc3[nH]c(nc4nc(nc5[nH]c(n2)c2c5Cc5ccccc5C=C2)C2=C4Cc4ccccc4C=C2)c2c3Cc3ccccc3C=C2)C1(C)C. The Balaban J connectivity index is 1.27. The first-order chi connectivity index (χ1) is 26.7. The number of H-pyrrole nitrogens is 2. The zero-order chi connectivity index (χ0) is 37.1. The normalized spacial score (nSPS) is 16.9. The summed E-state index contributed by atoms with van der Waals surface area (Å²) in [5.74, 6) is 2.74. The molecule has 0 unspecified atom stereocenters. The van der Waals surface area contributed by atoms with Crippen LogP contribution in [0.4, 0.5) is 0 Å². The third kappa shape index (κ3) is 4.83. The number of hydrogen-bond acceptors (Lipinski definition) is 6. The maximum atomic E-state index is 5.40. The molecule has 3 aromatic carbocycles. The molecular formula is C47H38N8. The number of aromatic amines is 2. The molecule has 3 aromatic heterocycles. The summed E-state index contributed by atoms with van der Waals surface area (Å²) < 4.78 is 0. The predicted octanol–water partition coefficient (Wildman–Crippen LogP) is 9.48. The summed E-state index contributed by atoms with van der Waals surface area (Å²) in [4.78, 5) is 39.4. The second-order valence-electron chi connectivity index (χ2n) is 16.2. The van der Waals surface area contributed by atoms with Crippen molar-refractivity contribution in [2.75, 3.05) is 0 Å². The van der Waals surface area contributed by atoms with Gasteiger partial charge in [-0.2, -0.15) is 0 Å². The molecule has 8 heteroatoms. The van der Waals surface area contributed by atoms with E-state index in [1.165, 1.54) is 33.4 Å². The highest BCUT2D eigenvalue weighted by molar-refractivity contribution is 6.00. The third-order valence-electron chi connectivity index (χ3n) is 12.6. The summed E-state index contributed by atoms with van der Waals surface area (Å²) in [5, 5.41) is 0. The van der Waals surface area contributed by atoms with E-state index in [0.29, 0.717) is 30.9 Å². The molecule has 0 amide bonds. The fraction of sp³-hybridized carbons (Fsp3) is 0.191. The molecule has 0 fully saturated rings. The van der Waals surface area contributed by atoms with Crippen LogP contribution in [0, 0.1) is 0 Å². The van der Waals surface area contributed by atoms with Gasteiger partial charge in [-0.25, -0.2) is 29.9 Å². The molecule has 266 valence electrons. The van der Waals surface area contributed by atoms with Crippen LogP contribution in [0.1, 0.15) is 107 Å². The summed E-state index contributed by atoms with van der Waals surface area (Å²) in [6, 6.07) is 25.6. The molecule has 8 nitrogen and oxygen atoms in total. The molecule has 0 saturated heterocycles. The number of aromatic nitrogens is 8. The highest BCUT2D eigenvalue weighted by Gasteiger charge is 2.49. The first-order valence-electron chi connectivity index (χ1n) is 19.0. The number of rotatable bonds is 0. The molecule has 3 aliphatic carbocycles. The number of nitrogens with zero attached hydrogens (tertiary/aromatic N) is 6. The average Bonchev–Trinajstić information content (AvgIpc) is 3.62. The molecule has 55 heavy (non-hydrogen) atoms. The van der Waals surface area contributed by atoms with Crippen LogP contribution in [0.25, 0.3) is 64.1 Å². The van der Waals surface area contributed by atoms with Crippen LogP contribution < -0.4 is 0 Å². The van der Waals surface area contributed by atoms with E-state index in [1.807, 2.05) is 0 Å². The molecule has 0 atom stereocenters. The van der Waals surface area contributed by atoms with E-state index in [0.717, 1.165) is 67.6 Å². The van der Waals surface area contributed by atoms with E-state index in [4.69, 9.17) is 29.9 Å². The fourth-order valence-corrected chi connectivity index (χ4v) is 8.50. The number of benzene rings is 3. The Bertz CT molecular complexity index is 2970. The van der Waals surface area contributed by atoms with Crippen LogP contribution in [-0.2, 0) is 30.1 Å². The molecule has 0 radical (unpaired) electrons. The van der Waals surface area contributed by atoms with E-state index in [9.17, 15) is 0 Å². The summed E-state index contributed by atoms with van der Waals surface area (Å²) in [5.41, 5.74) is 15.5. The van der Waals surface area contributed by atoms with Gasteiger partial charge in [0.2, 0.25) is 0 Å². The molecule has 2 N–H and O–H groups in total. The lowest BCUT2D eigenvalue weighted by atomic mass is 9.69. The summed E-state index contributed by atoms with van der Waals surface area (Å²) in [6.45, 7) is 8.87. The lowest BCUT2D eigenvalue weighted by Gasteiger charge is -2.32. The molecule has 5 aliphatic rings. The van der Waals surface area contributed by atoms with Crippen molar-refractivity contribution in [3.05, 3.63) is 158 Å². The molecular weight excluding hydrogens is 677 g/mol. The minimum atomic E-state index is -0.436. The van der Waals surface area contributed by atoms with Gasteiger partial charge in [0.05, 0.1) is 0 Å². The van der Waals surface area contributed by atoms with E-state index in [-0.39, 0.29) is 0 Å². The molecule has 0 saturated carbocycles. The Labute approximate surface area is 318 Å². The van der Waals surface area contributed by atoms with Gasteiger partial charge in [-0.1, -0.05) is 137 Å². The van der Waals surface area contributed by atoms with Crippen LogP contribution >= 0.6 is 0 Å². The van der Waals surface area contributed by atoms with Crippen molar-refractivity contribution in [3.8, 4) is 0 Å². The van der Waals surface area contributed by atoms with Gasteiger partial charge in [0.25, 0.3) is 0 Å². The van der Waals surface area contributed by atoms with E-state index in [2.05, 4.69) is 147 Å². The van der Waals surface area contributed by atoms with E-state index < -0.39 is 10.8 Å². The van der Waals surface area contributed by atoms with Crippen molar-refractivity contribution in [2.45, 2.75) is 57.8 Å². The second kappa shape index (κ2) is 11.5. The first kappa shape index (κ1) is 31.9. The van der Waals surface area contributed by atoms with Crippen molar-refractivity contribution in [1.29, 1.82) is 0 Å². The lowest BCUT2D eigenvalue weighted by Crippen LogP contribution is -2.37. The summed E-state index contributed by atoms with van der Waals surface area (Å²) in [6.07, 6.45) is 15.1. The van der Waals surface area contributed by atoms with Crippen molar-refractivity contribution in [2.24, 2.45) is 0 Å². The molecule has 2 aliphatic heterocycles. The predicted molar refractivity (Wildman–Crippen MR) is 221 cm³/mol. The van der Waals surface area contributed by atoms with Crippen molar-refractivity contribution in [1.82, 2.24) is 39.9 Å². The van der Waals surface area contributed by atoms with Gasteiger partial charge in [-0.15, -0.1) is 0 Å². The third-order valence-corrected chi connectivity index (χ3v) is 12.6. The van der Waals surface area contributed by atoms with Gasteiger partial charge in [-0.3, -0.25) is 0 Å². The Kier molecular flexibility index (Phi) is 6.67. The fourth-order valence-electron chi connectivity index (χ4n) is 8.50. The van der Waals surface area contributed by atoms with Gasteiger partial charge in [0, 0.05) is 63.5 Å². The van der Waals surface area contributed by atoms with Gasteiger partial charge < -0.3 is 9.97 Å². The largest absolute Gasteiger partial charge is 0.324 e. The van der Waals surface area contributed by atoms with Gasteiger partial charge in [-0.05, 0) is 33.4 Å². The molecule has 11 rings (SSSR count). The van der Waals surface area contributed by atoms with Crippen LogP contribution in [0.5, 0.6) is 0 Å². The van der Waals surface area contributed by atoms with E-state index >= 15 is 0 Å². The van der Waals surface area contributed by atoms with Crippen LogP contribution in [0.2, 0.25) is 0 Å². The Morgan fingerprint density at radius 3 is 1.47 bits per heavy atom. The average molecular weight is 715 g/mol. The highest BCUT2D eigenvalue weighted by Crippen LogP contribution is 2.45. The topological polar surface area (TPSA) is 109 Å². The minimum Gasteiger partial charge on any atom is -0.324 e. The number of nitrogens with one attached hydrogen (secondary N) is 2. The minimum absolute atomic E-state index is 0.435. The number of allylic oxidation sites excluding steroid dienone is 3. The Hall–Kier alpha value is -6.54. The Morgan fingerprint density at radius 1 is 0.436 bits per heavy atom. The van der Waals surface area contributed by atoms with Crippen molar-refractivity contribution >= 4 is 64.1 Å². The number of fused-ring (bicyclic) bond motifs is 19. The van der Waals surface area contributed by atoms with Gasteiger partial charge >= 0.3 is 0 Å². The molecule has 0 spiro atoms. The maximum Gasteiger partial charge on any atom is 0.164 e. The lowest BCUT2D eigenvalue weighted by molar-refractivity contribution is 0.310. The second-order valence-corrected chi connectivity index (χ2v) is 16.2. The first-order valence-corrected chi connectivity index (χ1v) is 19.0. The molecule has 8 bridgehead atoms. The molecule has 5 heterocycles. The van der Waals surface area contributed by atoms with Crippen LogP contribution in [-0.4, -0.2) is 39.9 Å². The summed E-state index contributed by atoms with van der Waals surface area (Å²) >= 11 is 0. The molecule has 6 aromatic rings. The van der Waals surface area contributed by atoms with Crippen LogP contribution in [0.3, 0.4) is 0 Å². The van der Waals surface area contributed by atoms with Crippen LogP contribution in [0.15, 0.2) is 78.9 Å². The Morgan fingerprint density at radius 2 is 0.891 bits per heavy atom. The monoisotopic (exact) mass is 714 g/mol. The standard InChI is InChI=1S/C47H38N8/c1-46(2)44-53-40-34-22-19-28-13-6-9-15-30(28)24-36(34)42(52-40)49-38-32-20-17-26-11-5-8-14-29(26)23-35(32)41(48-38)50-39-33-21-18-27-12-7-10-16-31(27)25-37(33)43(51-39)54-45(55-44)47(46,3)4/h5-22H,23-25H2,1-4H3,(H2,48,49,50,51,52,53,54,55). The van der Waals surface area contributed by atoms with Crippen molar-refractivity contribution < 1.29 is 0 Å². The zero-order valence-corrected chi connectivity index (χ0v) is 31.2. The quantitative estimate of drug-likeness (QED) is 0.162. The smallest absolute Gasteiger partial charge is 0.164 e. The highest BCUT2D eigenvalue weighted by atomic mass is 15.1. The van der Waals surface area contributed by atoms with Gasteiger partial charge in [0.15, 0.2) is 11.6 Å². The van der Waals surface area contributed by atoms with Gasteiger partial charge in [0.1, 0.15) is 34.2 Å². The zero-order valence-electron chi connectivity index (χ0n) is 31.2. The van der Waals surface area contributed by atoms with Crippen molar-refractivity contribution in [3.63, 3.8) is 0 Å².